The van der Waals surface area contributed by atoms with Crippen LogP contribution >= 0.6 is 23.2 Å². The number of rotatable bonds is 7. The number of halogens is 2. The van der Waals surface area contributed by atoms with Crippen LogP contribution in [0.15, 0.2) is 47.6 Å². The first-order valence-electron chi connectivity index (χ1n) is 10.7. The number of guanidine groups is 1. The number of hydrazine groups is 2. The number of ether oxygens (including phenoxy) is 1. The third-order valence-electron chi connectivity index (χ3n) is 4.81. The Kier molecular flexibility index (Phi) is 8.37. The molecule has 0 unspecified atom stereocenters. The molecular formula is C23H28Cl2N6O3. The van der Waals surface area contributed by atoms with Gasteiger partial charge in [-0.15, -0.1) is 10.6 Å². The summed E-state index contributed by atoms with van der Waals surface area (Å²) < 4.78 is 5.44. The van der Waals surface area contributed by atoms with Crippen LogP contribution in [-0.2, 0) is 20.7 Å². The van der Waals surface area contributed by atoms with Crippen LogP contribution < -0.4 is 27.1 Å². The second-order valence-electron chi connectivity index (χ2n) is 8.81. The fourth-order valence-electron chi connectivity index (χ4n) is 3.22. The Labute approximate surface area is 208 Å². The number of nitrogens with zero attached hydrogens (tertiary/aromatic N) is 1. The monoisotopic (exact) mass is 506 g/mol. The van der Waals surface area contributed by atoms with Crippen LogP contribution in [0.25, 0.3) is 11.1 Å². The lowest BCUT2D eigenvalue weighted by Gasteiger charge is -2.26. The number of hydrogen-bond acceptors (Lipinski definition) is 8. The van der Waals surface area contributed by atoms with Crippen molar-refractivity contribution in [2.24, 2.45) is 5.10 Å². The van der Waals surface area contributed by atoms with Crippen molar-refractivity contribution in [1.82, 2.24) is 27.1 Å². The highest BCUT2D eigenvalue weighted by Crippen LogP contribution is 2.30. The first kappa shape index (κ1) is 25.8. The Balaban J connectivity index is 1.76. The third kappa shape index (κ3) is 7.33. The minimum absolute atomic E-state index is 0.215. The van der Waals surface area contributed by atoms with Crippen LogP contribution in [-0.4, -0.2) is 35.5 Å². The van der Waals surface area contributed by atoms with Crippen molar-refractivity contribution in [2.75, 3.05) is 0 Å². The van der Waals surface area contributed by atoms with Crippen molar-refractivity contribution in [2.45, 2.75) is 51.8 Å². The van der Waals surface area contributed by atoms with Gasteiger partial charge in [0.05, 0.1) is 6.04 Å². The molecule has 0 aromatic heterocycles. The average molecular weight is 507 g/mol. The summed E-state index contributed by atoms with van der Waals surface area (Å²) in [4.78, 5) is 25.5. The number of hydrazone groups is 1. The largest absolute Gasteiger partial charge is 0.459 e. The van der Waals surface area contributed by atoms with Gasteiger partial charge in [-0.1, -0.05) is 47.5 Å². The van der Waals surface area contributed by atoms with E-state index in [4.69, 9.17) is 27.9 Å². The van der Waals surface area contributed by atoms with E-state index in [1.807, 2.05) is 24.3 Å². The molecule has 0 aliphatic carbocycles. The Bertz CT molecular complexity index is 1070. The molecule has 0 bridgehead atoms. The molecule has 2 aromatic carbocycles. The summed E-state index contributed by atoms with van der Waals surface area (Å²) >= 11 is 12.4. The molecule has 3 rings (SSSR count). The fourth-order valence-corrected chi connectivity index (χ4v) is 3.62. The Morgan fingerprint density at radius 3 is 2.44 bits per heavy atom. The minimum atomic E-state index is -0.742. The van der Waals surface area contributed by atoms with E-state index in [9.17, 15) is 9.59 Å². The van der Waals surface area contributed by atoms with Crippen LogP contribution in [0.1, 0.15) is 33.3 Å². The molecule has 1 amide bonds. The van der Waals surface area contributed by atoms with E-state index in [1.54, 1.807) is 45.9 Å². The van der Waals surface area contributed by atoms with E-state index in [0.29, 0.717) is 16.5 Å². The zero-order chi connectivity index (χ0) is 24.9. The van der Waals surface area contributed by atoms with E-state index < -0.39 is 23.7 Å². The number of nitrogens with one attached hydrogen (secondary N) is 5. The molecular weight excluding hydrogens is 479 g/mol. The topological polar surface area (TPSA) is 116 Å². The number of benzene rings is 2. The van der Waals surface area contributed by atoms with Gasteiger partial charge in [-0.3, -0.25) is 25.6 Å². The van der Waals surface area contributed by atoms with Gasteiger partial charge in [0.1, 0.15) is 11.6 Å². The van der Waals surface area contributed by atoms with Gasteiger partial charge in [0.25, 0.3) is 0 Å². The van der Waals surface area contributed by atoms with Gasteiger partial charge in [0.2, 0.25) is 11.9 Å². The number of carbonyl (C=O) groups excluding carboxylic acids is 2. The predicted molar refractivity (Wildman–Crippen MR) is 133 cm³/mol. The lowest BCUT2D eigenvalue weighted by Crippen LogP contribution is -2.55. The standard InChI is InChI=1S/C23H28Cl2N6O3/c1-13(21(33)34-23(2,3)4)26-19(20(32)27-22-28-30-31-29-22)11-14-5-7-15(8-6-14)17-12-16(24)9-10-18(17)25/h5-10,12-13,19,26,30-31H,11H2,1-4H3,(H2,27,28,29,32)/t13-,19+/m0/s1. The summed E-state index contributed by atoms with van der Waals surface area (Å²) in [7, 11) is 0. The number of amides is 1. The maximum atomic E-state index is 13.0. The lowest BCUT2D eigenvalue weighted by molar-refractivity contribution is -0.157. The lowest BCUT2D eigenvalue weighted by atomic mass is 10.00. The first-order valence-corrected chi connectivity index (χ1v) is 11.5. The van der Waals surface area contributed by atoms with Crippen molar-refractivity contribution < 1.29 is 14.3 Å². The normalized spacial score (nSPS) is 14.9. The number of esters is 1. The third-order valence-corrected chi connectivity index (χ3v) is 5.37. The molecule has 1 aliphatic rings. The molecule has 0 radical (unpaired) electrons. The van der Waals surface area contributed by atoms with Crippen molar-refractivity contribution >= 4 is 41.0 Å². The Morgan fingerprint density at radius 1 is 1.12 bits per heavy atom. The second kappa shape index (κ2) is 11.1. The van der Waals surface area contributed by atoms with Crippen molar-refractivity contribution in [3.63, 3.8) is 0 Å². The predicted octanol–water partition coefficient (Wildman–Crippen LogP) is 2.89. The van der Waals surface area contributed by atoms with Crippen LogP contribution in [0.3, 0.4) is 0 Å². The SMILES string of the molecule is C[C@H](N[C@H](Cc1ccc(-c2cc(Cl)ccc2Cl)cc1)C(=O)NC1=NNNN1)C(=O)OC(C)(C)C. The second-order valence-corrected chi connectivity index (χ2v) is 9.65. The van der Waals surface area contributed by atoms with Gasteiger partial charge in [0, 0.05) is 15.6 Å². The summed E-state index contributed by atoms with van der Waals surface area (Å²) in [5.74, 6) is -0.599. The minimum Gasteiger partial charge on any atom is -0.459 e. The summed E-state index contributed by atoms with van der Waals surface area (Å²) in [5, 5.41) is 10.8. The van der Waals surface area contributed by atoms with Gasteiger partial charge in [-0.05, 0) is 63.4 Å². The fraction of sp³-hybridized carbons (Fsp3) is 0.348. The highest BCUT2D eigenvalue weighted by molar-refractivity contribution is 6.35. The first-order chi connectivity index (χ1) is 16.0. The summed E-state index contributed by atoms with van der Waals surface area (Å²) in [6.45, 7) is 7.03. The molecule has 0 spiro atoms. The van der Waals surface area contributed by atoms with Gasteiger partial charge in [-0.25, -0.2) is 5.53 Å². The highest BCUT2D eigenvalue weighted by atomic mass is 35.5. The van der Waals surface area contributed by atoms with Crippen LogP contribution in [0.2, 0.25) is 10.0 Å². The van der Waals surface area contributed by atoms with Crippen LogP contribution in [0.5, 0.6) is 0 Å². The summed E-state index contributed by atoms with van der Waals surface area (Å²) in [5.41, 5.74) is 9.65. The van der Waals surface area contributed by atoms with E-state index in [1.165, 1.54) is 0 Å². The van der Waals surface area contributed by atoms with Crippen LogP contribution in [0, 0.1) is 0 Å². The Hall–Kier alpha value is -2.85. The molecule has 0 saturated heterocycles. The molecule has 1 heterocycles. The van der Waals surface area contributed by atoms with Crippen molar-refractivity contribution in [3.8, 4) is 11.1 Å². The number of hydrogen-bond donors (Lipinski definition) is 5. The maximum Gasteiger partial charge on any atom is 0.323 e. The summed E-state index contributed by atoms with van der Waals surface area (Å²) in [6, 6.07) is 11.5. The molecule has 2 atom stereocenters. The molecule has 11 heteroatoms. The van der Waals surface area contributed by atoms with E-state index >= 15 is 0 Å². The van der Waals surface area contributed by atoms with Gasteiger partial charge in [-0.2, -0.15) is 0 Å². The van der Waals surface area contributed by atoms with Crippen molar-refractivity contribution in [3.05, 3.63) is 58.1 Å². The number of carbonyl (C=O) groups is 2. The maximum absolute atomic E-state index is 13.0. The molecule has 1 aliphatic heterocycles. The highest BCUT2D eigenvalue weighted by Gasteiger charge is 2.28. The molecule has 0 fully saturated rings. The van der Waals surface area contributed by atoms with Gasteiger partial charge in [0.15, 0.2) is 0 Å². The quantitative estimate of drug-likeness (QED) is 0.366. The van der Waals surface area contributed by atoms with Crippen molar-refractivity contribution in [1.29, 1.82) is 0 Å². The molecule has 182 valence electrons. The molecule has 9 nitrogen and oxygen atoms in total. The average Bonchev–Trinajstić information content (AvgIpc) is 3.27. The molecule has 5 N–H and O–H groups in total. The van der Waals surface area contributed by atoms with E-state index in [2.05, 4.69) is 32.2 Å². The molecule has 2 aromatic rings. The molecule has 34 heavy (non-hydrogen) atoms. The smallest absolute Gasteiger partial charge is 0.323 e. The Morgan fingerprint density at radius 2 is 1.82 bits per heavy atom. The van der Waals surface area contributed by atoms with E-state index in [0.717, 1.165) is 16.7 Å². The zero-order valence-electron chi connectivity index (χ0n) is 19.3. The van der Waals surface area contributed by atoms with Gasteiger partial charge < -0.3 is 4.74 Å². The van der Waals surface area contributed by atoms with E-state index in [-0.39, 0.29) is 11.9 Å². The summed E-state index contributed by atoms with van der Waals surface area (Å²) in [6.07, 6.45) is 0.316. The van der Waals surface area contributed by atoms with Gasteiger partial charge >= 0.3 is 5.97 Å². The zero-order valence-corrected chi connectivity index (χ0v) is 20.8. The van der Waals surface area contributed by atoms with Crippen LogP contribution in [0.4, 0.5) is 0 Å². The molecule has 0 saturated carbocycles.